The molecule has 0 aromatic heterocycles. The van der Waals surface area contributed by atoms with Crippen LogP contribution in [0, 0.1) is 0 Å². The molecule has 0 saturated carbocycles. The Hall–Kier alpha value is -3.19. The molecule has 1 amide bonds. The summed E-state index contributed by atoms with van der Waals surface area (Å²) in [5.41, 5.74) is 2.96. The molecule has 1 aliphatic heterocycles. The normalized spacial score (nSPS) is 17.4. The third-order valence-electron chi connectivity index (χ3n) is 5.69. The van der Waals surface area contributed by atoms with Crippen molar-refractivity contribution in [1.29, 1.82) is 0 Å². The lowest BCUT2D eigenvalue weighted by Crippen LogP contribution is -2.56. The molecule has 0 radical (unpaired) electrons. The van der Waals surface area contributed by atoms with Crippen LogP contribution < -0.4 is 5.32 Å². The third kappa shape index (κ3) is 5.49. The van der Waals surface area contributed by atoms with Crippen LogP contribution in [0.15, 0.2) is 54.6 Å². The molecule has 3 unspecified atom stereocenters. The Morgan fingerprint density at radius 1 is 1.10 bits per heavy atom. The minimum Gasteiger partial charge on any atom is -0.480 e. The Bertz CT molecular complexity index is 931. The number of methoxy groups -OCH3 is 1. The molecule has 164 valence electrons. The maximum Gasteiger partial charge on any atom is 0.326 e. The maximum absolute atomic E-state index is 13.2. The van der Waals surface area contributed by atoms with Crippen LogP contribution in [0.25, 0.3) is 0 Å². The number of carboxylic acid groups (broad SMARTS) is 1. The fourth-order valence-electron chi connectivity index (χ4n) is 3.96. The lowest BCUT2D eigenvalue weighted by atomic mass is 9.93. The molecule has 2 aromatic carbocycles. The summed E-state index contributed by atoms with van der Waals surface area (Å²) in [6, 6.07) is 14.9. The molecule has 31 heavy (non-hydrogen) atoms. The number of rotatable bonds is 8. The summed E-state index contributed by atoms with van der Waals surface area (Å²) in [5, 5.41) is 12.8. The van der Waals surface area contributed by atoms with Crippen LogP contribution in [0.4, 0.5) is 0 Å². The van der Waals surface area contributed by atoms with Crippen molar-refractivity contribution in [3.63, 3.8) is 0 Å². The van der Waals surface area contributed by atoms with Gasteiger partial charge in [-0.15, -0.1) is 0 Å². The lowest BCUT2D eigenvalue weighted by molar-refractivity contribution is -0.153. The molecule has 3 rings (SSSR count). The van der Waals surface area contributed by atoms with Crippen LogP contribution in [0.3, 0.4) is 0 Å². The van der Waals surface area contributed by atoms with E-state index in [0.29, 0.717) is 12.8 Å². The monoisotopic (exact) mass is 424 g/mol. The smallest absolute Gasteiger partial charge is 0.326 e. The zero-order chi connectivity index (χ0) is 22.4. The van der Waals surface area contributed by atoms with Crippen LogP contribution in [0.5, 0.6) is 0 Å². The van der Waals surface area contributed by atoms with E-state index < -0.39 is 30.1 Å². The average Bonchev–Trinajstić information content (AvgIpc) is 2.80. The van der Waals surface area contributed by atoms with Crippen LogP contribution >= 0.6 is 0 Å². The number of benzene rings is 2. The van der Waals surface area contributed by atoms with E-state index in [1.54, 1.807) is 6.92 Å². The predicted molar refractivity (Wildman–Crippen MR) is 115 cm³/mol. The van der Waals surface area contributed by atoms with E-state index in [9.17, 15) is 19.5 Å². The molecule has 7 nitrogen and oxygen atoms in total. The minimum atomic E-state index is -1.04. The van der Waals surface area contributed by atoms with Crippen molar-refractivity contribution in [3.05, 3.63) is 71.3 Å². The average molecular weight is 424 g/mol. The minimum absolute atomic E-state index is 0.227. The quantitative estimate of drug-likeness (QED) is 0.631. The number of fused-ring (bicyclic) bond motifs is 1. The molecular weight excluding hydrogens is 396 g/mol. The molecule has 0 fully saturated rings. The van der Waals surface area contributed by atoms with E-state index in [1.165, 1.54) is 12.0 Å². The number of esters is 1. The summed E-state index contributed by atoms with van der Waals surface area (Å²) in [4.78, 5) is 38.7. The van der Waals surface area contributed by atoms with Crippen molar-refractivity contribution in [2.24, 2.45) is 0 Å². The SMILES string of the molecule is COC(=O)C(CCc1ccccc1)NC(C)C(=O)N1Cc2ccccc2CC1C(=O)O. The Morgan fingerprint density at radius 3 is 2.39 bits per heavy atom. The Morgan fingerprint density at radius 2 is 1.74 bits per heavy atom. The molecule has 2 N–H and O–H groups in total. The summed E-state index contributed by atoms with van der Waals surface area (Å²) in [7, 11) is 1.31. The van der Waals surface area contributed by atoms with Crippen LogP contribution in [-0.2, 0) is 38.5 Å². The van der Waals surface area contributed by atoms with Gasteiger partial charge in [-0.1, -0.05) is 54.6 Å². The molecule has 1 aliphatic rings. The van der Waals surface area contributed by atoms with Crippen LogP contribution in [0.1, 0.15) is 30.0 Å². The van der Waals surface area contributed by atoms with Crippen molar-refractivity contribution in [2.75, 3.05) is 7.11 Å². The molecular formula is C24H28N2O5. The summed E-state index contributed by atoms with van der Waals surface area (Å²) in [6.45, 7) is 1.88. The van der Waals surface area contributed by atoms with Gasteiger partial charge in [0.1, 0.15) is 12.1 Å². The van der Waals surface area contributed by atoms with Crippen molar-refractivity contribution in [1.82, 2.24) is 10.2 Å². The number of nitrogens with one attached hydrogen (secondary N) is 1. The number of amides is 1. The summed E-state index contributed by atoms with van der Waals surface area (Å²) in [5.74, 6) is -1.84. The zero-order valence-corrected chi connectivity index (χ0v) is 17.8. The van der Waals surface area contributed by atoms with Gasteiger partial charge in [0, 0.05) is 13.0 Å². The lowest BCUT2D eigenvalue weighted by Gasteiger charge is -2.36. The first-order valence-corrected chi connectivity index (χ1v) is 10.4. The number of carbonyl (C=O) groups is 3. The number of aliphatic carboxylic acids is 1. The number of nitrogens with zero attached hydrogens (tertiary/aromatic N) is 1. The van der Waals surface area contributed by atoms with Gasteiger partial charge in [0.05, 0.1) is 13.2 Å². The highest BCUT2D eigenvalue weighted by molar-refractivity contribution is 5.88. The van der Waals surface area contributed by atoms with Gasteiger partial charge in [-0.25, -0.2) is 4.79 Å². The van der Waals surface area contributed by atoms with E-state index in [4.69, 9.17) is 4.74 Å². The number of hydrogen-bond acceptors (Lipinski definition) is 5. The number of carbonyl (C=O) groups excluding carboxylic acids is 2. The molecule has 0 bridgehead atoms. The zero-order valence-electron chi connectivity index (χ0n) is 17.8. The molecule has 0 spiro atoms. The summed E-state index contributed by atoms with van der Waals surface area (Å²) < 4.78 is 4.91. The number of ether oxygens (including phenoxy) is 1. The van der Waals surface area contributed by atoms with Gasteiger partial charge in [-0.2, -0.15) is 0 Å². The Labute approximate surface area is 182 Å². The largest absolute Gasteiger partial charge is 0.480 e. The van der Waals surface area contributed by atoms with Crippen LogP contribution in [0.2, 0.25) is 0 Å². The topological polar surface area (TPSA) is 95.9 Å². The van der Waals surface area contributed by atoms with E-state index >= 15 is 0 Å². The second-order valence-electron chi connectivity index (χ2n) is 7.78. The van der Waals surface area contributed by atoms with Gasteiger partial charge < -0.3 is 14.7 Å². The molecule has 0 aliphatic carbocycles. The van der Waals surface area contributed by atoms with Crippen molar-refractivity contribution >= 4 is 17.8 Å². The second kappa shape index (κ2) is 10.2. The number of aryl methyl sites for hydroxylation is 1. The van der Waals surface area contributed by atoms with Gasteiger partial charge in [0.2, 0.25) is 5.91 Å². The highest BCUT2D eigenvalue weighted by atomic mass is 16.5. The van der Waals surface area contributed by atoms with Gasteiger partial charge >= 0.3 is 11.9 Å². The van der Waals surface area contributed by atoms with E-state index in [2.05, 4.69) is 5.32 Å². The molecule has 0 saturated heterocycles. The van der Waals surface area contributed by atoms with Gasteiger partial charge in [-0.3, -0.25) is 14.9 Å². The van der Waals surface area contributed by atoms with Gasteiger partial charge in [0.25, 0.3) is 0 Å². The fourth-order valence-corrected chi connectivity index (χ4v) is 3.96. The Balaban J connectivity index is 1.71. The van der Waals surface area contributed by atoms with Gasteiger partial charge in [-0.05, 0) is 36.5 Å². The second-order valence-corrected chi connectivity index (χ2v) is 7.78. The Kier molecular flexibility index (Phi) is 7.41. The van der Waals surface area contributed by atoms with Gasteiger partial charge in [0.15, 0.2) is 0 Å². The fraction of sp³-hybridized carbons (Fsp3) is 0.375. The first-order valence-electron chi connectivity index (χ1n) is 10.4. The highest BCUT2D eigenvalue weighted by Gasteiger charge is 2.37. The summed E-state index contributed by atoms with van der Waals surface area (Å²) in [6.07, 6.45) is 1.36. The first kappa shape index (κ1) is 22.5. The van der Waals surface area contributed by atoms with Crippen molar-refractivity contribution in [2.45, 2.75) is 50.9 Å². The molecule has 1 heterocycles. The molecule has 7 heteroatoms. The highest BCUT2D eigenvalue weighted by Crippen LogP contribution is 2.24. The predicted octanol–water partition coefficient (Wildman–Crippen LogP) is 2.18. The van der Waals surface area contributed by atoms with E-state index in [-0.39, 0.29) is 18.9 Å². The first-order chi connectivity index (χ1) is 14.9. The standard InChI is InChI=1S/C24H28N2O5/c1-16(25-20(24(30)31-2)13-12-17-8-4-3-5-9-17)22(27)26-15-19-11-7-6-10-18(19)14-21(26)23(28)29/h3-11,16,20-21,25H,12-15H2,1-2H3,(H,28,29). The van der Waals surface area contributed by atoms with Crippen molar-refractivity contribution in [3.8, 4) is 0 Å². The number of carboxylic acids is 1. The van der Waals surface area contributed by atoms with Crippen LogP contribution in [-0.4, -0.2) is 53.1 Å². The van der Waals surface area contributed by atoms with E-state index in [0.717, 1.165) is 16.7 Å². The third-order valence-corrected chi connectivity index (χ3v) is 5.69. The van der Waals surface area contributed by atoms with E-state index in [1.807, 2.05) is 54.6 Å². The molecule has 3 atom stereocenters. The molecule has 2 aromatic rings. The maximum atomic E-state index is 13.2. The summed E-state index contributed by atoms with van der Waals surface area (Å²) >= 11 is 0. The number of hydrogen-bond donors (Lipinski definition) is 2. The van der Waals surface area contributed by atoms with Crippen molar-refractivity contribution < 1.29 is 24.2 Å².